The Morgan fingerprint density at radius 3 is 2.50 bits per heavy atom. The summed E-state index contributed by atoms with van der Waals surface area (Å²) in [5.41, 5.74) is 3.77. The van der Waals surface area contributed by atoms with Gasteiger partial charge in [0.05, 0.1) is 5.60 Å². The van der Waals surface area contributed by atoms with Crippen molar-refractivity contribution in [3.8, 4) is 0 Å². The number of nitrogens with one attached hydrogen (secondary N) is 1. The third kappa shape index (κ3) is 4.74. The fourth-order valence-electron chi connectivity index (χ4n) is 1.49. The van der Waals surface area contributed by atoms with E-state index in [9.17, 15) is 0 Å². The highest BCUT2D eigenvalue weighted by atomic mass is 16.5. The first kappa shape index (κ1) is 13.6. The van der Waals surface area contributed by atoms with E-state index in [1.807, 2.05) is 13.8 Å². The Kier molecular flexibility index (Phi) is 6.00. The lowest BCUT2D eigenvalue weighted by atomic mass is 9.93. The van der Waals surface area contributed by atoms with Crippen LogP contribution < -0.4 is 11.3 Å². The van der Waals surface area contributed by atoms with E-state index >= 15 is 0 Å². The van der Waals surface area contributed by atoms with Crippen molar-refractivity contribution < 1.29 is 4.74 Å². The van der Waals surface area contributed by atoms with Gasteiger partial charge in [0.25, 0.3) is 0 Å². The monoisotopic (exact) mass is 200 g/mol. The minimum atomic E-state index is -0.223. The molecular weight excluding hydrogens is 176 g/mol. The molecule has 0 bridgehead atoms. The first-order chi connectivity index (χ1) is 6.44. The Balaban J connectivity index is 4.16. The topological polar surface area (TPSA) is 47.3 Å². The number of ether oxygens (including phenoxy) is 1. The highest BCUT2D eigenvalue weighted by Gasteiger charge is 2.28. The van der Waals surface area contributed by atoms with Crippen LogP contribution in [0.15, 0.2) is 12.2 Å². The molecule has 14 heavy (non-hydrogen) atoms. The van der Waals surface area contributed by atoms with Crippen molar-refractivity contribution in [3.63, 3.8) is 0 Å². The summed E-state index contributed by atoms with van der Waals surface area (Å²) in [6, 6.07) is 0.166. The second kappa shape index (κ2) is 6.17. The Bertz CT molecular complexity index is 178. The minimum absolute atomic E-state index is 0.166. The molecule has 0 rings (SSSR count). The van der Waals surface area contributed by atoms with Gasteiger partial charge in [0.15, 0.2) is 0 Å². The van der Waals surface area contributed by atoms with Gasteiger partial charge >= 0.3 is 0 Å². The maximum atomic E-state index is 5.64. The van der Waals surface area contributed by atoms with E-state index in [-0.39, 0.29) is 11.6 Å². The van der Waals surface area contributed by atoms with Gasteiger partial charge in [-0.3, -0.25) is 11.3 Å². The molecule has 1 atom stereocenters. The Morgan fingerprint density at radius 1 is 1.57 bits per heavy atom. The molecule has 84 valence electrons. The highest BCUT2D eigenvalue weighted by Crippen LogP contribution is 2.19. The van der Waals surface area contributed by atoms with Crippen LogP contribution in [0.4, 0.5) is 0 Å². The third-order valence-electron chi connectivity index (χ3n) is 2.42. The fraction of sp³-hybridized carbons (Fsp3) is 0.818. The number of hydrazine groups is 1. The van der Waals surface area contributed by atoms with Crippen LogP contribution in [0.5, 0.6) is 0 Å². The summed E-state index contributed by atoms with van der Waals surface area (Å²) < 4.78 is 5.64. The van der Waals surface area contributed by atoms with E-state index in [0.29, 0.717) is 6.61 Å². The Labute approximate surface area is 87.7 Å². The van der Waals surface area contributed by atoms with E-state index in [0.717, 1.165) is 12.8 Å². The fourth-order valence-corrected chi connectivity index (χ4v) is 1.49. The molecule has 0 amide bonds. The SMILES string of the molecule is C=C(C)CCC(NN)C(C)(C)OCC. The summed E-state index contributed by atoms with van der Waals surface area (Å²) in [6.45, 7) is 12.7. The van der Waals surface area contributed by atoms with Crippen molar-refractivity contribution >= 4 is 0 Å². The summed E-state index contributed by atoms with van der Waals surface area (Å²) in [7, 11) is 0. The number of rotatable bonds is 7. The average Bonchev–Trinajstić information content (AvgIpc) is 2.03. The summed E-state index contributed by atoms with van der Waals surface area (Å²) in [5, 5.41) is 0. The Hall–Kier alpha value is -0.380. The zero-order valence-corrected chi connectivity index (χ0v) is 9.89. The molecule has 0 aromatic heterocycles. The standard InChI is InChI=1S/C11H24N2O/c1-6-14-11(4,5)10(13-12)8-7-9(2)3/h10,13H,2,6-8,12H2,1,3-5H3. The van der Waals surface area contributed by atoms with Crippen molar-refractivity contribution in [1.29, 1.82) is 0 Å². The average molecular weight is 200 g/mol. The third-order valence-corrected chi connectivity index (χ3v) is 2.42. The van der Waals surface area contributed by atoms with E-state index in [4.69, 9.17) is 10.6 Å². The molecule has 0 heterocycles. The second-order valence-corrected chi connectivity index (χ2v) is 4.25. The van der Waals surface area contributed by atoms with Crippen LogP contribution in [-0.2, 0) is 4.74 Å². The van der Waals surface area contributed by atoms with Gasteiger partial charge in [-0.15, -0.1) is 6.58 Å². The summed E-state index contributed by atoms with van der Waals surface area (Å²) in [5.74, 6) is 5.52. The zero-order chi connectivity index (χ0) is 11.2. The maximum absolute atomic E-state index is 5.64. The molecule has 3 N–H and O–H groups in total. The van der Waals surface area contributed by atoms with Crippen LogP contribution in [-0.4, -0.2) is 18.2 Å². The molecule has 0 aromatic carbocycles. The van der Waals surface area contributed by atoms with Crippen molar-refractivity contribution in [2.24, 2.45) is 5.84 Å². The molecule has 0 aromatic rings. The first-order valence-corrected chi connectivity index (χ1v) is 5.18. The molecule has 0 aliphatic rings. The zero-order valence-electron chi connectivity index (χ0n) is 9.89. The van der Waals surface area contributed by atoms with E-state index in [1.165, 1.54) is 5.57 Å². The summed E-state index contributed by atoms with van der Waals surface area (Å²) in [6.07, 6.45) is 1.93. The molecule has 3 nitrogen and oxygen atoms in total. The van der Waals surface area contributed by atoms with Crippen LogP contribution in [0.3, 0.4) is 0 Å². The van der Waals surface area contributed by atoms with E-state index < -0.39 is 0 Å². The molecule has 1 unspecified atom stereocenters. The van der Waals surface area contributed by atoms with Crippen molar-refractivity contribution in [1.82, 2.24) is 5.43 Å². The molecule has 0 spiro atoms. The van der Waals surface area contributed by atoms with Gasteiger partial charge in [0.2, 0.25) is 0 Å². The largest absolute Gasteiger partial charge is 0.374 e. The maximum Gasteiger partial charge on any atom is 0.0792 e. The van der Waals surface area contributed by atoms with E-state index in [2.05, 4.69) is 25.9 Å². The lowest BCUT2D eigenvalue weighted by molar-refractivity contribution is -0.0400. The minimum Gasteiger partial charge on any atom is -0.374 e. The van der Waals surface area contributed by atoms with Crippen LogP contribution >= 0.6 is 0 Å². The van der Waals surface area contributed by atoms with Gasteiger partial charge in [-0.2, -0.15) is 0 Å². The molecule has 3 heteroatoms. The van der Waals surface area contributed by atoms with Gasteiger partial charge in [-0.1, -0.05) is 5.57 Å². The van der Waals surface area contributed by atoms with Gasteiger partial charge in [-0.25, -0.2) is 0 Å². The number of nitrogens with two attached hydrogens (primary N) is 1. The number of allylic oxidation sites excluding steroid dienone is 1. The van der Waals surface area contributed by atoms with Gasteiger partial charge in [0.1, 0.15) is 0 Å². The molecule has 0 saturated heterocycles. The van der Waals surface area contributed by atoms with Gasteiger partial charge in [0, 0.05) is 12.6 Å². The number of hydrogen-bond acceptors (Lipinski definition) is 3. The predicted molar refractivity (Wildman–Crippen MR) is 60.9 cm³/mol. The first-order valence-electron chi connectivity index (χ1n) is 5.18. The number of hydrogen-bond donors (Lipinski definition) is 2. The van der Waals surface area contributed by atoms with E-state index in [1.54, 1.807) is 0 Å². The second-order valence-electron chi connectivity index (χ2n) is 4.25. The molecule has 0 radical (unpaired) electrons. The normalized spacial score (nSPS) is 14.1. The van der Waals surface area contributed by atoms with Crippen molar-refractivity contribution in [2.75, 3.05) is 6.61 Å². The molecule has 0 saturated carbocycles. The van der Waals surface area contributed by atoms with Crippen LogP contribution in [0.2, 0.25) is 0 Å². The highest BCUT2D eigenvalue weighted by molar-refractivity contribution is 4.93. The lowest BCUT2D eigenvalue weighted by Crippen LogP contribution is -2.51. The molecule has 0 aliphatic carbocycles. The van der Waals surface area contributed by atoms with Gasteiger partial charge in [-0.05, 0) is 40.5 Å². The van der Waals surface area contributed by atoms with Crippen LogP contribution in [0, 0.1) is 0 Å². The summed E-state index contributed by atoms with van der Waals surface area (Å²) >= 11 is 0. The lowest BCUT2D eigenvalue weighted by Gasteiger charge is -2.33. The van der Waals surface area contributed by atoms with Gasteiger partial charge < -0.3 is 4.74 Å². The van der Waals surface area contributed by atoms with Crippen molar-refractivity contribution in [2.45, 2.75) is 52.2 Å². The summed E-state index contributed by atoms with van der Waals surface area (Å²) in [4.78, 5) is 0. The Morgan fingerprint density at radius 2 is 2.14 bits per heavy atom. The van der Waals surface area contributed by atoms with Crippen molar-refractivity contribution in [3.05, 3.63) is 12.2 Å². The predicted octanol–water partition coefficient (Wildman–Crippen LogP) is 1.99. The quantitative estimate of drug-likeness (QED) is 0.375. The smallest absolute Gasteiger partial charge is 0.0792 e. The molecular formula is C11H24N2O. The van der Waals surface area contributed by atoms with Crippen LogP contribution in [0.25, 0.3) is 0 Å². The molecule has 0 aliphatic heterocycles. The molecule has 0 fully saturated rings. The van der Waals surface area contributed by atoms with Crippen LogP contribution in [0.1, 0.15) is 40.5 Å².